The van der Waals surface area contributed by atoms with E-state index in [9.17, 15) is 19.1 Å². The van der Waals surface area contributed by atoms with Crippen molar-refractivity contribution in [2.45, 2.75) is 32.1 Å². The molecular weight excluding hydrogens is 349 g/mol. The maximum Gasteiger partial charge on any atom is 0.312 e. The fourth-order valence-electron chi connectivity index (χ4n) is 2.63. The summed E-state index contributed by atoms with van der Waals surface area (Å²) >= 11 is 0. The summed E-state index contributed by atoms with van der Waals surface area (Å²) in [7, 11) is 0. The molecule has 1 amide bonds. The molecule has 0 aromatic heterocycles. The van der Waals surface area contributed by atoms with Gasteiger partial charge in [-0.1, -0.05) is 24.3 Å². The monoisotopic (exact) mass is 373 g/mol. The molecule has 0 spiro atoms. The van der Waals surface area contributed by atoms with Crippen molar-refractivity contribution < 1.29 is 23.8 Å². The van der Waals surface area contributed by atoms with E-state index in [0.29, 0.717) is 25.0 Å². The van der Waals surface area contributed by atoms with Crippen LogP contribution in [-0.4, -0.2) is 30.1 Å². The number of unbranched alkanes of at least 4 members (excludes halogenated alkanes) is 1. The third-order valence-corrected chi connectivity index (χ3v) is 4.13. The van der Waals surface area contributed by atoms with Gasteiger partial charge in [-0.05, 0) is 55.2 Å². The number of halogens is 1. The predicted octanol–water partition coefficient (Wildman–Crippen LogP) is 3.67. The summed E-state index contributed by atoms with van der Waals surface area (Å²) in [5.41, 5.74) is 1.58. The van der Waals surface area contributed by atoms with Gasteiger partial charge in [-0.15, -0.1) is 0 Å². The van der Waals surface area contributed by atoms with Gasteiger partial charge in [0.25, 0.3) is 0 Å². The average molecular weight is 373 g/mol. The second kappa shape index (κ2) is 10.3. The standard InChI is InChI=1S/C21H24FNO4/c1-15-5-4-6-18(13-15)27-12-3-2-7-20(24)23-14-19(21(25)26)16-8-10-17(22)11-9-16/h4-6,8-11,13,19H,2-3,7,12,14H2,1H3,(H,23,24)(H,25,26). The first-order valence-corrected chi connectivity index (χ1v) is 8.90. The van der Waals surface area contributed by atoms with Gasteiger partial charge in [0.15, 0.2) is 0 Å². The summed E-state index contributed by atoms with van der Waals surface area (Å²) in [5.74, 6) is -1.80. The Kier molecular flexibility index (Phi) is 7.79. The van der Waals surface area contributed by atoms with E-state index in [-0.39, 0.29) is 12.5 Å². The van der Waals surface area contributed by atoms with E-state index in [1.54, 1.807) is 0 Å². The Hall–Kier alpha value is -2.89. The van der Waals surface area contributed by atoms with Crippen LogP contribution in [0.1, 0.15) is 36.3 Å². The molecule has 1 atom stereocenters. The summed E-state index contributed by atoms with van der Waals surface area (Å²) in [6.45, 7) is 2.48. The zero-order chi connectivity index (χ0) is 19.6. The minimum absolute atomic E-state index is 0.0282. The number of hydrogen-bond donors (Lipinski definition) is 2. The van der Waals surface area contributed by atoms with Crippen LogP contribution in [0.15, 0.2) is 48.5 Å². The molecular formula is C21H24FNO4. The van der Waals surface area contributed by atoms with Gasteiger partial charge < -0.3 is 15.2 Å². The van der Waals surface area contributed by atoms with Crippen LogP contribution < -0.4 is 10.1 Å². The van der Waals surface area contributed by atoms with Crippen LogP contribution in [0.3, 0.4) is 0 Å². The molecule has 0 bridgehead atoms. The molecule has 0 aliphatic heterocycles. The van der Waals surface area contributed by atoms with Crippen molar-refractivity contribution in [2.75, 3.05) is 13.2 Å². The van der Waals surface area contributed by atoms with E-state index in [1.807, 2.05) is 31.2 Å². The van der Waals surface area contributed by atoms with Crippen molar-refractivity contribution in [1.29, 1.82) is 0 Å². The van der Waals surface area contributed by atoms with Crippen LogP contribution in [0.4, 0.5) is 4.39 Å². The molecule has 6 heteroatoms. The minimum Gasteiger partial charge on any atom is -0.494 e. The second-order valence-electron chi connectivity index (χ2n) is 6.37. The number of aryl methyl sites for hydroxylation is 1. The highest BCUT2D eigenvalue weighted by Gasteiger charge is 2.20. The smallest absolute Gasteiger partial charge is 0.312 e. The predicted molar refractivity (Wildman–Crippen MR) is 100 cm³/mol. The number of carboxylic acids is 1. The van der Waals surface area contributed by atoms with Crippen LogP contribution in [0, 0.1) is 12.7 Å². The summed E-state index contributed by atoms with van der Waals surface area (Å²) in [4.78, 5) is 23.3. The van der Waals surface area contributed by atoms with Gasteiger partial charge in [-0.2, -0.15) is 0 Å². The molecule has 0 saturated carbocycles. The largest absolute Gasteiger partial charge is 0.494 e. The molecule has 0 heterocycles. The molecule has 27 heavy (non-hydrogen) atoms. The van der Waals surface area contributed by atoms with Crippen molar-refractivity contribution in [3.05, 3.63) is 65.5 Å². The molecule has 2 aromatic rings. The number of nitrogens with one attached hydrogen (secondary N) is 1. The lowest BCUT2D eigenvalue weighted by Gasteiger charge is -2.14. The van der Waals surface area contributed by atoms with Crippen LogP contribution in [0.2, 0.25) is 0 Å². The van der Waals surface area contributed by atoms with Crippen molar-refractivity contribution in [1.82, 2.24) is 5.32 Å². The van der Waals surface area contributed by atoms with Gasteiger partial charge in [-0.25, -0.2) is 4.39 Å². The number of amides is 1. The van der Waals surface area contributed by atoms with E-state index in [0.717, 1.165) is 17.7 Å². The highest BCUT2D eigenvalue weighted by Crippen LogP contribution is 2.16. The molecule has 2 rings (SSSR count). The van der Waals surface area contributed by atoms with Gasteiger partial charge >= 0.3 is 5.97 Å². The lowest BCUT2D eigenvalue weighted by molar-refractivity contribution is -0.138. The Labute approximate surface area is 158 Å². The second-order valence-corrected chi connectivity index (χ2v) is 6.37. The molecule has 0 aliphatic rings. The van der Waals surface area contributed by atoms with Crippen molar-refractivity contribution >= 4 is 11.9 Å². The first-order chi connectivity index (χ1) is 13.0. The molecule has 0 saturated heterocycles. The van der Waals surface area contributed by atoms with Gasteiger partial charge in [0.1, 0.15) is 11.6 Å². The highest BCUT2D eigenvalue weighted by atomic mass is 19.1. The normalized spacial score (nSPS) is 11.6. The number of hydrogen-bond acceptors (Lipinski definition) is 3. The van der Waals surface area contributed by atoms with Gasteiger partial charge in [0, 0.05) is 13.0 Å². The van der Waals surface area contributed by atoms with E-state index in [2.05, 4.69) is 5.32 Å². The first-order valence-electron chi connectivity index (χ1n) is 8.90. The lowest BCUT2D eigenvalue weighted by Crippen LogP contribution is -2.31. The summed E-state index contributed by atoms with van der Waals surface area (Å²) in [6.07, 6.45) is 1.67. The maximum atomic E-state index is 13.0. The first kappa shape index (κ1) is 20.4. The molecule has 0 aliphatic carbocycles. The number of benzene rings is 2. The van der Waals surface area contributed by atoms with Gasteiger partial charge in [-0.3, -0.25) is 9.59 Å². The fraction of sp³-hybridized carbons (Fsp3) is 0.333. The maximum absolute atomic E-state index is 13.0. The number of ether oxygens (including phenoxy) is 1. The Morgan fingerprint density at radius 3 is 2.56 bits per heavy atom. The van der Waals surface area contributed by atoms with E-state index in [1.165, 1.54) is 24.3 Å². The molecule has 2 N–H and O–H groups in total. The average Bonchev–Trinajstić information content (AvgIpc) is 2.63. The topological polar surface area (TPSA) is 75.6 Å². The van der Waals surface area contributed by atoms with Crippen LogP contribution in [0.5, 0.6) is 5.75 Å². The van der Waals surface area contributed by atoms with E-state index in [4.69, 9.17) is 4.74 Å². The van der Waals surface area contributed by atoms with Crippen molar-refractivity contribution in [3.63, 3.8) is 0 Å². The lowest BCUT2D eigenvalue weighted by atomic mass is 9.99. The minimum atomic E-state index is -1.06. The van der Waals surface area contributed by atoms with Crippen LogP contribution in [-0.2, 0) is 9.59 Å². The van der Waals surface area contributed by atoms with E-state index < -0.39 is 17.7 Å². The number of carbonyl (C=O) groups is 2. The van der Waals surface area contributed by atoms with Crippen molar-refractivity contribution in [2.24, 2.45) is 0 Å². The molecule has 0 radical (unpaired) electrons. The SMILES string of the molecule is Cc1cccc(OCCCCC(=O)NCC(C(=O)O)c2ccc(F)cc2)c1. The Morgan fingerprint density at radius 2 is 1.89 bits per heavy atom. The molecule has 0 fully saturated rings. The third kappa shape index (κ3) is 7.09. The molecule has 144 valence electrons. The third-order valence-electron chi connectivity index (χ3n) is 4.13. The summed E-state index contributed by atoms with van der Waals surface area (Å²) in [6, 6.07) is 13.0. The number of carbonyl (C=O) groups excluding carboxylic acids is 1. The Bertz CT molecular complexity index is 761. The van der Waals surface area contributed by atoms with Crippen LogP contribution in [0.25, 0.3) is 0 Å². The molecule has 2 aromatic carbocycles. The zero-order valence-corrected chi connectivity index (χ0v) is 15.3. The van der Waals surface area contributed by atoms with Crippen LogP contribution >= 0.6 is 0 Å². The number of aliphatic carboxylic acids is 1. The number of carboxylic acid groups (broad SMARTS) is 1. The molecule has 5 nitrogen and oxygen atoms in total. The highest BCUT2D eigenvalue weighted by molar-refractivity contribution is 5.79. The Balaban J connectivity index is 1.68. The Morgan fingerprint density at radius 1 is 1.15 bits per heavy atom. The zero-order valence-electron chi connectivity index (χ0n) is 15.3. The van der Waals surface area contributed by atoms with Crippen molar-refractivity contribution in [3.8, 4) is 5.75 Å². The van der Waals surface area contributed by atoms with Gasteiger partial charge in [0.2, 0.25) is 5.91 Å². The summed E-state index contributed by atoms with van der Waals surface area (Å²) < 4.78 is 18.6. The molecule has 1 unspecified atom stereocenters. The van der Waals surface area contributed by atoms with E-state index >= 15 is 0 Å². The van der Waals surface area contributed by atoms with Gasteiger partial charge in [0.05, 0.1) is 12.5 Å². The fourth-order valence-corrected chi connectivity index (χ4v) is 2.63. The summed E-state index contributed by atoms with van der Waals surface area (Å²) in [5, 5.41) is 12.0. The quantitative estimate of drug-likeness (QED) is 0.623. The number of rotatable bonds is 10.